The Labute approximate surface area is 207 Å². The number of fused-ring (bicyclic) bond motifs is 2. The van der Waals surface area contributed by atoms with Gasteiger partial charge in [-0.25, -0.2) is 0 Å². The van der Waals surface area contributed by atoms with Gasteiger partial charge in [-0.2, -0.15) is 0 Å². The first-order valence-electron chi connectivity index (χ1n) is 12.3. The smallest absolute Gasteiger partial charge is 0.399 e. The number of hydrogen-bond acceptors (Lipinski definition) is 2. The highest BCUT2D eigenvalue weighted by Gasteiger charge is 2.51. The van der Waals surface area contributed by atoms with Gasteiger partial charge >= 0.3 is 7.12 Å². The molecule has 0 aromatic heterocycles. The molecule has 0 amide bonds. The van der Waals surface area contributed by atoms with Gasteiger partial charge in [-0.1, -0.05) is 84.9 Å². The maximum atomic E-state index is 6.25. The van der Waals surface area contributed by atoms with Crippen molar-refractivity contribution in [3.8, 4) is 22.3 Å². The first kappa shape index (κ1) is 22.1. The third-order valence-electron chi connectivity index (χ3n) is 7.67. The molecule has 0 saturated carbocycles. The summed E-state index contributed by atoms with van der Waals surface area (Å²) in [7, 11) is -0.344. The van der Waals surface area contributed by atoms with Gasteiger partial charge in [0, 0.05) is 0 Å². The van der Waals surface area contributed by atoms with Gasteiger partial charge in [0.05, 0.1) is 11.2 Å². The van der Waals surface area contributed by atoms with Gasteiger partial charge in [0.15, 0.2) is 0 Å². The van der Waals surface area contributed by atoms with Crippen LogP contribution < -0.4 is 5.46 Å². The van der Waals surface area contributed by atoms with E-state index in [0.29, 0.717) is 0 Å². The van der Waals surface area contributed by atoms with E-state index in [1.165, 1.54) is 43.8 Å². The summed E-state index contributed by atoms with van der Waals surface area (Å²) in [5.74, 6) is 0. The highest BCUT2D eigenvalue weighted by atomic mass is 16.7. The third-order valence-corrected chi connectivity index (χ3v) is 7.67. The van der Waals surface area contributed by atoms with Crippen molar-refractivity contribution in [3.05, 3.63) is 103 Å². The van der Waals surface area contributed by atoms with E-state index in [-0.39, 0.29) is 18.3 Å². The summed E-state index contributed by atoms with van der Waals surface area (Å²) in [5.41, 5.74) is 5.29. The van der Waals surface area contributed by atoms with Crippen molar-refractivity contribution in [1.29, 1.82) is 0 Å². The molecule has 2 nitrogen and oxygen atoms in total. The lowest BCUT2D eigenvalue weighted by Gasteiger charge is -2.32. The Kier molecular flexibility index (Phi) is 5.10. The number of benzene rings is 5. The predicted molar refractivity (Wildman–Crippen MR) is 148 cm³/mol. The fourth-order valence-corrected chi connectivity index (χ4v) is 4.81. The lowest BCUT2D eigenvalue weighted by atomic mass is 9.78. The van der Waals surface area contributed by atoms with E-state index in [0.717, 1.165) is 5.46 Å². The second kappa shape index (κ2) is 8.08. The van der Waals surface area contributed by atoms with Crippen LogP contribution in [0.15, 0.2) is 103 Å². The summed E-state index contributed by atoms with van der Waals surface area (Å²) >= 11 is 0. The molecular formula is C32H29BO2. The van der Waals surface area contributed by atoms with Crippen LogP contribution in [0.4, 0.5) is 0 Å². The van der Waals surface area contributed by atoms with E-state index in [1.807, 2.05) is 0 Å². The summed E-state index contributed by atoms with van der Waals surface area (Å²) < 4.78 is 12.5. The molecule has 35 heavy (non-hydrogen) atoms. The molecule has 172 valence electrons. The highest BCUT2D eigenvalue weighted by Crippen LogP contribution is 2.37. The summed E-state index contributed by atoms with van der Waals surface area (Å²) in [4.78, 5) is 0. The van der Waals surface area contributed by atoms with Gasteiger partial charge in [-0.3, -0.25) is 0 Å². The zero-order chi connectivity index (χ0) is 24.2. The molecule has 5 aromatic rings. The topological polar surface area (TPSA) is 18.5 Å². The average Bonchev–Trinajstić information content (AvgIpc) is 3.09. The molecule has 0 aliphatic carbocycles. The number of hydrogen-bond donors (Lipinski definition) is 0. The van der Waals surface area contributed by atoms with Gasteiger partial charge in [-0.05, 0) is 95.2 Å². The molecule has 5 aromatic carbocycles. The van der Waals surface area contributed by atoms with Gasteiger partial charge < -0.3 is 9.31 Å². The van der Waals surface area contributed by atoms with E-state index >= 15 is 0 Å². The molecule has 3 heteroatoms. The van der Waals surface area contributed by atoms with Crippen LogP contribution in [-0.2, 0) is 9.31 Å². The monoisotopic (exact) mass is 456 g/mol. The summed E-state index contributed by atoms with van der Waals surface area (Å²) in [6, 6.07) is 37.1. The van der Waals surface area contributed by atoms with Crippen molar-refractivity contribution in [1.82, 2.24) is 0 Å². The fraction of sp³-hybridized carbons (Fsp3) is 0.188. The molecule has 1 fully saturated rings. The zero-order valence-corrected chi connectivity index (χ0v) is 20.7. The van der Waals surface area contributed by atoms with Crippen molar-refractivity contribution >= 4 is 34.1 Å². The summed E-state index contributed by atoms with van der Waals surface area (Å²) in [5, 5.41) is 4.90. The van der Waals surface area contributed by atoms with E-state index in [9.17, 15) is 0 Å². The Bertz CT molecular complexity index is 1540. The van der Waals surface area contributed by atoms with E-state index in [4.69, 9.17) is 9.31 Å². The minimum Gasteiger partial charge on any atom is -0.399 e. The van der Waals surface area contributed by atoms with Crippen molar-refractivity contribution in [2.24, 2.45) is 0 Å². The van der Waals surface area contributed by atoms with Crippen LogP contribution in [0.1, 0.15) is 27.7 Å². The largest absolute Gasteiger partial charge is 0.494 e. The van der Waals surface area contributed by atoms with Crippen LogP contribution in [0.3, 0.4) is 0 Å². The Morgan fingerprint density at radius 1 is 0.457 bits per heavy atom. The molecular weight excluding hydrogens is 427 g/mol. The SMILES string of the molecule is CC1(C)OB(c2ccc3cc(-c4ccc5ccc(-c6ccccc6)cc5c4)ccc3c2)OC1(C)C. The summed E-state index contributed by atoms with van der Waals surface area (Å²) in [6.45, 7) is 8.36. The normalized spacial score (nSPS) is 16.7. The van der Waals surface area contributed by atoms with Gasteiger partial charge in [0.25, 0.3) is 0 Å². The molecule has 6 rings (SSSR count). The van der Waals surface area contributed by atoms with Crippen molar-refractivity contribution in [2.75, 3.05) is 0 Å². The van der Waals surface area contributed by atoms with Crippen LogP contribution in [0, 0.1) is 0 Å². The molecule has 0 radical (unpaired) electrons. The van der Waals surface area contributed by atoms with E-state index < -0.39 is 0 Å². The van der Waals surface area contributed by atoms with Crippen LogP contribution in [0.2, 0.25) is 0 Å². The van der Waals surface area contributed by atoms with E-state index in [2.05, 4.69) is 131 Å². The Morgan fingerprint density at radius 3 is 1.57 bits per heavy atom. The van der Waals surface area contributed by atoms with Crippen LogP contribution in [0.25, 0.3) is 43.8 Å². The van der Waals surface area contributed by atoms with Crippen molar-refractivity contribution in [2.45, 2.75) is 38.9 Å². The maximum Gasteiger partial charge on any atom is 0.494 e. The molecule has 1 aliphatic heterocycles. The lowest BCUT2D eigenvalue weighted by Crippen LogP contribution is -2.41. The fourth-order valence-electron chi connectivity index (χ4n) is 4.81. The Balaban J connectivity index is 1.33. The van der Waals surface area contributed by atoms with Gasteiger partial charge in [0.2, 0.25) is 0 Å². The third kappa shape index (κ3) is 3.95. The maximum absolute atomic E-state index is 6.25. The molecule has 0 spiro atoms. The number of rotatable bonds is 3. The minimum absolute atomic E-state index is 0.340. The van der Waals surface area contributed by atoms with Crippen molar-refractivity contribution in [3.63, 3.8) is 0 Å². The van der Waals surface area contributed by atoms with Crippen LogP contribution >= 0.6 is 0 Å². The van der Waals surface area contributed by atoms with Gasteiger partial charge in [0.1, 0.15) is 0 Å². The Morgan fingerprint density at radius 2 is 0.943 bits per heavy atom. The molecule has 0 unspecified atom stereocenters. The zero-order valence-electron chi connectivity index (χ0n) is 20.7. The second-order valence-corrected chi connectivity index (χ2v) is 10.6. The minimum atomic E-state index is -0.344. The first-order valence-corrected chi connectivity index (χ1v) is 12.3. The van der Waals surface area contributed by atoms with Crippen molar-refractivity contribution < 1.29 is 9.31 Å². The Hall–Kier alpha value is -3.40. The molecule has 0 bridgehead atoms. The molecule has 1 aliphatic rings. The molecule has 1 saturated heterocycles. The molecule has 0 atom stereocenters. The summed E-state index contributed by atoms with van der Waals surface area (Å²) in [6.07, 6.45) is 0. The molecule has 1 heterocycles. The van der Waals surface area contributed by atoms with Gasteiger partial charge in [-0.15, -0.1) is 0 Å². The quantitative estimate of drug-likeness (QED) is 0.260. The van der Waals surface area contributed by atoms with Crippen LogP contribution in [-0.4, -0.2) is 18.3 Å². The molecule has 0 N–H and O–H groups in total. The predicted octanol–water partition coefficient (Wildman–Crippen LogP) is 7.63. The van der Waals surface area contributed by atoms with Crippen LogP contribution in [0.5, 0.6) is 0 Å². The lowest BCUT2D eigenvalue weighted by molar-refractivity contribution is 0.00578. The standard InChI is InChI=1S/C32H29BO2/c1-31(2)32(3,4)35-33(34-31)30-17-16-27-18-25(14-15-28(27)21-30)26-13-11-23-10-12-24(19-29(23)20-26)22-8-6-5-7-9-22/h5-21H,1-4H3. The average molecular weight is 456 g/mol. The first-order chi connectivity index (χ1) is 16.8. The highest BCUT2D eigenvalue weighted by molar-refractivity contribution is 6.62. The van der Waals surface area contributed by atoms with E-state index in [1.54, 1.807) is 0 Å². The second-order valence-electron chi connectivity index (χ2n) is 10.6.